The van der Waals surface area contributed by atoms with Gasteiger partial charge >= 0.3 is 0 Å². The smallest absolute Gasteiger partial charge is 0.222 e. The van der Waals surface area contributed by atoms with Crippen LogP contribution in [0.15, 0.2) is 46.9 Å². The third kappa shape index (κ3) is 3.87. The van der Waals surface area contributed by atoms with Crippen molar-refractivity contribution in [3.05, 3.63) is 63.1 Å². The first kappa shape index (κ1) is 18.0. The van der Waals surface area contributed by atoms with Crippen molar-refractivity contribution in [2.24, 2.45) is 0 Å². The summed E-state index contributed by atoms with van der Waals surface area (Å²) in [5.41, 5.74) is 13.5. The average molecular weight is 431 g/mol. The number of nitrogen functional groups attached to an aromatic ring is 2. The van der Waals surface area contributed by atoms with Gasteiger partial charge in [0.2, 0.25) is 5.95 Å². The molecule has 1 heterocycles. The molecule has 130 valence electrons. The van der Waals surface area contributed by atoms with Crippen LogP contribution in [0.2, 0.25) is 5.02 Å². The first-order valence-electron chi connectivity index (χ1n) is 7.48. The van der Waals surface area contributed by atoms with Gasteiger partial charge in [-0.15, -0.1) is 0 Å². The topological polar surface area (TPSA) is 111 Å². The number of hydrogen-bond donors (Lipinski definition) is 2. The first-order chi connectivity index (χ1) is 12.5. The number of rotatable bonds is 4. The highest BCUT2D eigenvalue weighted by atomic mass is 79.9. The molecule has 1 aromatic heterocycles. The third-order valence-electron chi connectivity index (χ3n) is 3.57. The van der Waals surface area contributed by atoms with Crippen molar-refractivity contribution >= 4 is 39.3 Å². The molecule has 0 unspecified atom stereocenters. The zero-order valence-electron chi connectivity index (χ0n) is 13.4. The molecule has 2 aromatic carbocycles. The Kier molecular flexibility index (Phi) is 5.26. The Morgan fingerprint density at radius 1 is 1.12 bits per heavy atom. The second-order valence-corrected chi connectivity index (χ2v) is 6.71. The molecule has 8 heteroatoms. The van der Waals surface area contributed by atoms with E-state index in [1.807, 2.05) is 24.3 Å². The molecule has 0 saturated carbocycles. The van der Waals surface area contributed by atoms with E-state index in [1.165, 1.54) is 0 Å². The van der Waals surface area contributed by atoms with Crippen molar-refractivity contribution in [2.45, 2.75) is 6.61 Å². The van der Waals surface area contributed by atoms with Crippen LogP contribution in [0.25, 0.3) is 11.3 Å². The molecule has 0 spiro atoms. The van der Waals surface area contributed by atoms with Gasteiger partial charge in [0.1, 0.15) is 29.8 Å². The summed E-state index contributed by atoms with van der Waals surface area (Å²) >= 11 is 9.32. The number of benzene rings is 2. The minimum atomic E-state index is -0.0138. The second-order valence-electron chi connectivity index (χ2n) is 5.36. The lowest BCUT2D eigenvalue weighted by Crippen LogP contribution is -2.06. The molecule has 26 heavy (non-hydrogen) atoms. The summed E-state index contributed by atoms with van der Waals surface area (Å²) in [6.07, 6.45) is 0. The van der Waals surface area contributed by atoms with E-state index in [0.29, 0.717) is 28.6 Å². The molecule has 0 aliphatic rings. The van der Waals surface area contributed by atoms with Gasteiger partial charge in [0, 0.05) is 15.1 Å². The van der Waals surface area contributed by atoms with E-state index in [1.54, 1.807) is 24.3 Å². The van der Waals surface area contributed by atoms with Gasteiger partial charge < -0.3 is 16.2 Å². The van der Waals surface area contributed by atoms with Crippen LogP contribution in [-0.2, 0) is 6.61 Å². The number of nitrogens with two attached hydrogens (primary N) is 2. The molecule has 0 bridgehead atoms. The van der Waals surface area contributed by atoms with E-state index in [4.69, 9.17) is 27.8 Å². The van der Waals surface area contributed by atoms with Gasteiger partial charge in [-0.1, -0.05) is 39.7 Å². The van der Waals surface area contributed by atoms with Crippen LogP contribution in [0, 0.1) is 11.3 Å². The predicted octanol–water partition coefficient (Wildman–Crippen LogP) is 4.17. The number of nitrogens with zero attached hydrogens (tertiary/aromatic N) is 3. The van der Waals surface area contributed by atoms with Crippen LogP contribution in [0.3, 0.4) is 0 Å². The fourth-order valence-electron chi connectivity index (χ4n) is 2.36. The molecule has 3 rings (SSSR count). The Morgan fingerprint density at radius 3 is 2.54 bits per heavy atom. The lowest BCUT2D eigenvalue weighted by Gasteiger charge is -2.14. The summed E-state index contributed by atoms with van der Waals surface area (Å²) < 4.78 is 6.73. The molecule has 0 saturated heterocycles. The number of hydrogen-bond acceptors (Lipinski definition) is 6. The lowest BCUT2D eigenvalue weighted by atomic mass is 10.1. The summed E-state index contributed by atoms with van der Waals surface area (Å²) in [5, 5.41) is 10.1. The SMILES string of the molecule is N#Cc1c(N)nc(N)nc1-c1cc(Br)ccc1OCc1ccc(Cl)cc1. The van der Waals surface area contributed by atoms with E-state index >= 15 is 0 Å². The fraction of sp³-hybridized carbons (Fsp3) is 0.0556. The average Bonchev–Trinajstić information content (AvgIpc) is 2.61. The van der Waals surface area contributed by atoms with E-state index < -0.39 is 0 Å². The lowest BCUT2D eigenvalue weighted by molar-refractivity contribution is 0.307. The van der Waals surface area contributed by atoms with E-state index in [0.717, 1.165) is 10.0 Å². The van der Waals surface area contributed by atoms with E-state index in [2.05, 4.69) is 25.9 Å². The molecule has 0 radical (unpaired) electrons. The quantitative estimate of drug-likeness (QED) is 0.642. The molecular formula is C18H13BrClN5O. The highest BCUT2D eigenvalue weighted by Crippen LogP contribution is 2.35. The van der Waals surface area contributed by atoms with Crippen LogP contribution in [0.1, 0.15) is 11.1 Å². The van der Waals surface area contributed by atoms with Gasteiger partial charge in [0.05, 0.1) is 5.69 Å². The molecule has 0 fully saturated rings. The Hall–Kier alpha value is -2.82. The number of aromatic nitrogens is 2. The number of nitriles is 1. The molecule has 0 aliphatic heterocycles. The molecule has 0 amide bonds. The maximum atomic E-state index is 9.43. The molecule has 4 N–H and O–H groups in total. The van der Waals surface area contributed by atoms with Crippen molar-refractivity contribution in [2.75, 3.05) is 11.5 Å². The monoisotopic (exact) mass is 429 g/mol. The van der Waals surface area contributed by atoms with E-state index in [-0.39, 0.29) is 17.3 Å². The molecule has 0 atom stereocenters. The predicted molar refractivity (Wildman–Crippen MR) is 104 cm³/mol. The zero-order chi connectivity index (χ0) is 18.7. The Balaban J connectivity index is 2.02. The first-order valence-corrected chi connectivity index (χ1v) is 8.65. The normalized spacial score (nSPS) is 10.3. The van der Waals surface area contributed by atoms with E-state index in [9.17, 15) is 5.26 Å². The van der Waals surface area contributed by atoms with Crippen LogP contribution in [-0.4, -0.2) is 9.97 Å². The summed E-state index contributed by atoms with van der Waals surface area (Å²) in [7, 11) is 0. The van der Waals surface area contributed by atoms with Crippen LogP contribution < -0.4 is 16.2 Å². The third-order valence-corrected chi connectivity index (χ3v) is 4.32. The van der Waals surface area contributed by atoms with Crippen LogP contribution in [0.4, 0.5) is 11.8 Å². The van der Waals surface area contributed by atoms with Gasteiger partial charge in [-0.25, -0.2) is 4.98 Å². The minimum Gasteiger partial charge on any atom is -0.488 e. The molecular weight excluding hydrogens is 418 g/mol. The van der Waals surface area contributed by atoms with Crippen LogP contribution >= 0.6 is 27.5 Å². The summed E-state index contributed by atoms with van der Waals surface area (Å²) in [4.78, 5) is 8.03. The van der Waals surface area contributed by atoms with Crippen molar-refractivity contribution in [3.8, 4) is 23.1 Å². The largest absolute Gasteiger partial charge is 0.488 e. The van der Waals surface area contributed by atoms with Gasteiger partial charge in [-0.2, -0.15) is 10.2 Å². The zero-order valence-corrected chi connectivity index (χ0v) is 15.8. The van der Waals surface area contributed by atoms with Crippen molar-refractivity contribution in [3.63, 3.8) is 0 Å². The maximum Gasteiger partial charge on any atom is 0.222 e. The fourth-order valence-corrected chi connectivity index (χ4v) is 2.84. The molecule has 6 nitrogen and oxygen atoms in total. The Bertz CT molecular complexity index is 1000. The molecule has 3 aromatic rings. The second kappa shape index (κ2) is 7.60. The van der Waals surface area contributed by atoms with Crippen molar-refractivity contribution in [1.29, 1.82) is 5.26 Å². The van der Waals surface area contributed by atoms with Gasteiger partial charge in [0.15, 0.2) is 0 Å². The summed E-state index contributed by atoms with van der Waals surface area (Å²) in [6.45, 7) is 0.323. The van der Waals surface area contributed by atoms with Gasteiger partial charge in [-0.3, -0.25) is 0 Å². The number of halogens is 2. The summed E-state index contributed by atoms with van der Waals surface area (Å²) in [6, 6.07) is 14.8. The standard InChI is InChI=1S/C18H13BrClN5O/c19-11-3-6-15(26-9-10-1-4-12(20)5-2-10)13(7-11)16-14(8-21)17(22)25-18(23)24-16/h1-7H,9H2,(H4,22,23,24,25). The van der Waals surface area contributed by atoms with Crippen molar-refractivity contribution < 1.29 is 4.74 Å². The van der Waals surface area contributed by atoms with Gasteiger partial charge in [0.25, 0.3) is 0 Å². The Labute approximate surface area is 163 Å². The highest BCUT2D eigenvalue weighted by Gasteiger charge is 2.17. The Morgan fingerprint density at radius 2 is 1.85 bits per heavy atom. The number of anilines is 2. The minimum absolute atomic E-state index is 0.0138. The number of ether oxygens (including phenoxy) is 1. The van der Waals surface area contributed by atoms with Crippen LogP contribution in [0.5, 0.6) is 5.75 Å². The van der Waals surface area contributed by atoms with Crippen molar-refractivity contribution in [1.82, 2.24) is 9.97 Å². The molecule has 0 aliphatic carbocycles. The summed E-state index contributed by atoms with van der Waals surface area (Å²) in [5.74, 6) is 0.552. The maximum absolute atomic E-state index is 9.43. The highest BCUT2D eigenvalue weighted by molar-refractivity contribution is 9.10. The van der Waals surface area contributed by atoms with Gasteiger partial charge in [-0.05, 0) is 35.9 Å².